The zero-order chi connectivity index (χ0) is 43.8. The van der Waals surface area contributed by atoms with Crippen LogP contribution >= 0.6 is 11.3 Å². The van der Waals surface area contributed by atoms with Crippen molar-refractivity contribution in [2.45, 2.75) is 96.7 Å². The molecule has 17 heteroatoms. The zero-order valence-electron chi connectivity index (χ0n) is 34.3. The average molecular weight is 878 g/mol. The lowest BCUT2D eigenvalue weighted by Gasteiger charge is -2.35. The number of nitrogens with one attached hydrogen (secondary N) is 1. The molecule has 1 aliphatic heterocycles. The Morgan fingerprint density at radius 2 is 1.77 bits per heavy atom. The maximum Gasteiger partial charge on any atom is 0.416 e. The van der Waals surface area contributed by atoms with E-state index >= 15 is 0 Å². The van der Waals surface area contributed by atoms with Gasteiger partial charge in [-0.25, -0.2) is 18.4 Å². The third-order valence-corrected chi connectivity index (χ3v) is 15.1. The Labute approximate surface area is 355 Å². The number of alkyl halides is 3. The Bertz CT molecular complexity index is 2670. The standard InChI is InChI=1S/C44H46F3N5O7S2/c1-7-26-20-43(26,41(55)51-61(56,57)29-16-17-29)21-33(53)32-18-28(22-52(32)40(54)31(42(4,5)6)19-35-48-23(2)24(3)60-35)58-39-37-36(30-10-8-9-11-34(30)59-37)49-38(50-39)25-12-14-27(15-13-25)44(45,46)47/h7-15,26,28-29,31-32H,1,16-22H2,2-6H3,(H,51,55)/t26-,28-,31-,32+,43-/m1/s1. The number of sulfonamides is 1. The van der Waals surface area contributed by atoms with Crippen molar-refractivity contribution in [1.82, 2.24) is 24.6 Å². The number of Topliss-reactive ketones (excluding diaryl/α,β-unsaturated/α-hetero) is 1. The molecule has 3 fully saturated rings. The molecule has 2 saturated carbocycles. The van der Waals surface area contributed by atoms with Crippen molar-refractivity contribution in [2.75, 3.05) is 6.54 Å². The molecule has 0 bridgehead atoms. The summed E-state index contributed by atoms with van der Waals surface area (Å²) in [5, 5.41) is 0.746. The number of fused-ring (bicyclic) bond motifs is 3. The number of aryl methyl sites for hydroxylation is 2. The van der Waals surface area contributed by atoms with E-state index in [2.05, 4.69) is 21.3 Å². The molecule has 3 aromatic heterocycles. The lowest BCUT2D eigenvalue weighted by Crippen LogP contribution is -2.48. The number of furan rings is 1. The van der Waals surface area contributed by atoms with E-state index in [1.807, 2.05) is 34.6 Å². The number of carbonyl (C=O) groups is 3. The number of halogens is 3. The molecular weight excluding hydrogens is 832 g/mol. The number of allylic oxidation sites excluding steroid dienone is 1. The predicted octanol–water partition coefficient (Wildman–Crippen LogP) is 8.15. The summed E-state index contributed by atoms with van der Waals surface area (Å²) in [6.45, 7) is 13.5. The molecule has 2 amide bonds. The van der Waals surface area contributed by atoms with Crippen LogP contribution in [0.2, 0.25) is 0 Å². The molecule has 4 heterocycles. The van der Waals surface area contributed by atoms with Gasteiger partial charge in [0.25, 0.3) is 5.88 Å². The number of amides is 2. The summed E-state index contributed by atoms with van der Waals surface area (Å²) >= 11 is 1.51. The molecule has 5 aromatic rings. The number of rotatable bonds is 13. The number of thiazole rings is 1. The van der Waals surface area contributed by atoms with Crippen LogP contribution in [0.5, 0.6) is 5.88 Å². The highest BCUT2D eigenvalue weighted by molar-refractivity contribution is 7.90. The van der Waals surface area contributed by atoms with E-state index in [1.165, 1.54) is 28.4 Å². The second kappa shape index (κ2) is 15.3. The summed E-state index contributed by atoms with van der Waals surface area (Å²) in [5.74, 6) is -2.53. The lowest BCUT2D eigenvalue weighted by molar-refractivity contribution is -0.144. The maximum atomic E-state index is 15.0. The first-order valence-electron chi connectivity index (χ1n) is 20.2. The highest BCUT2D eigenvalue weighted by Gasteiger charge is 2.61. The first-order chi connectivity index (χ1) is 28.7. The quantitative estimate of drug-likeness (QED) is 0.114. The van der Waals surface area contributed by atoms with Crippen molar-refractivity contribution in [1.29, 1.82) is 0 Å². The Balaban J connectivity index is 1.15. The maximum absolute atomic E-state index is 15.0. The molecule has 61 heavy (non-hydrogen) atoms. The number of hydrogen-bond acceptors (Lipinski definition) is 11. The first-order valence-corrected chi connectivity index (χ1v) is 22.5. The van der Waals surface area contributed by atoms with Crippen LogP contribution in [0.25, 0.3) is 33.5 Å². The molecule has 322 valence electrons. The van der Waals surface area contributed by atoms with Gasteiger partial charge in [0.15, 0.2) is 11.6 Å². The van der Waals surface area contributed by atoms with Crippen LogP contribution in [0.15, 0.2) is 65.6 Å². The van der Waals surface area contributed by atoms with Crippen molar-refractivity contribution in [3.63, 3.8) is 0 Å². The van der Waals surface area contributed by atoms with Gasteiger partial charge in [-0.2, -0.15) is 18.2 Å². The van der Waals surface area contributed by atoms with Gasteiger partial charge >= 0.3 is 6.18 Å². The number of nitrogens with zero attached hydrogens (tertiary/aromatic N) is 4. The summed E-state index contributed by atoms with van der Waals surface area (Å²) in [5.41, 5.74) is -0.617. The summed E-state index contributed by atoms with van der Waals surface area (Å²) in [6.07, 6.45) is -2.74. The van der Waals surface area contributed by atoms with Gasteiger partial charge in [0.1, 0.15) is 17.2 Å². The fraction of sp³-hybridized carbons (Fsp3) is 0.455. The number of para-hydroxylation sites is 1. The third-order valence-electron chi connectivity index (χ3n) is 12.2. The fourth-order valence-electron chi connectivity index (χ4n) is 8.25. The van der Waals surface area contributed by atoms with E-state index in [-0.39, 0.29) is 54.6 Å². The molecule has 0 unspecified atom stereocenters. The van der Waals surface area contributed by atoms with E-state index < -0.39 is 73.5 Å². The van der Waals surface area contributed by atoms with Crippen molar-refractivity contribution < 1.29 is 45.1 Å². The Morgan fingerprint density at radius 1 is 1.07 bits per heavy atom. The molecule has 12 nitrogen and oxygen atoms in total. The van der Waals surface area contributed by atoms with Crippen LogP contribution in [-0.4, -0.2) is 69.8 Å². The van der Waals surface area contributed by atoms with Crippen LogP contribution in [0.1, 0.15) is 74.0 Å². The van der Waals surface area contributed by atoms with Crippen LogP contribution in [0.3, 0.4) is 0 Å². The van der Waals surface area contributed by atoms with Crippen molar-refractivity contribution in [3.8, 4) is 17.3 Å². The molecule has 1 saturated heterocycles. The highest BCUT2D eigenvalue weighted by Crippen LogP contribution is 2.57. The van der Waals surface area contributed by atoms with Crippen LogP contribution in [0.4, 0.5) is 13.2 Å². The fourth-order valence-corrected chi connectivity index (χ4v) is 10.6. The minimum absolute atomic E-state index is 0.00489. The number of ether oxygens (including phenoxy) is 1. The molecule has 8 rings (SSSR count). The number of benzene rings is 2. The lowest BCUT2D eigenvalue weighted by atomic mass is 9.77. The van der Waals surface area contributed by atoms with E-state index in [0.717, 1.165) is 27.7 Å². The van der Waals surface area contributed by atoms with Crippen molar-refractivity contribution >= 4 is 61.0 Å². The van der Waals surface area contributed by atoms with E-state index in [9.17, 15) is 36.0 Å². The minimum Gasteiger partial charge on any atom is -0.470 e. The summed E-state index contributed by atoms with van der Waals surface area (Å²) in [4.78, 5) is 60.0. The molecule has 3 aliphatic rings. The normalized spacial score (nSPS) is 22.4. The smallest absolute Gasteiger partial charge is 0.416 e. The number of aromatic nitrogens is 3. The Kier molecular flexibility index (Phi) is 10.7. The number of ketones is 1. The highest BCUT2D eigenvalue weighted by atomic mass is 32.2. The minimum atomic E-state index is -4.55. The van der Waals surface area contributed by atoms with Crippen LogP contribution in [-0.2, 0) is 37.0 Å². The van der Waals surface area contributed by atoms with Gasteiger partial charge in [-0.1, -0.05) is 51.1 Å². The van der Waals surface area contributed by atoms with Gasteiger partial charge in [-0.05, 0) is 68.7 Å². The van der Waals surface area contributed by atoms with Gasteiger partial charge < -0.3 is 14.1 Å². The van der Waals surface area contributed by atoms with E-state index in [1.54, 1.807) is 30.3 Å². The number of hydrogen-bond donors (Lipinski definition) is 1. The largest absolute Gasteiger partial charge is 0.470 e. The summed E-state index contributed by atoms with van der Waals surface area (Å²) in [7, 11) is -3.91. The van der Waals surface area contributed by atoms with Gasteiger partial charge in [-0.15, -0.1) is 17.9 Å². The van der Waals surface area contributed by atoms with Gasteiger partial charge in [0, 0.05) is 41.0 Å². The molecule has 2 aromatic carbocycles. The Hall–Kier alpha value is -5.16. The van der Waals surface area contributed by atoms with Crippen LogP contribution in [0, 0.1) is 36.5 Å². The molecule has 0 radical (unpaired) electrons. The average Bonchev–Trinajstić information content (AvgIpc) is 4.07. The first kappa shape index (κ1) is 42.5. The molecule has 2 aliphatic carbocycles. The topological polar surface area (TPSA) is 162 Å². The van der Waals surface area contributed by atoms with Gasteiger partial charge in [-0.3, -0.25) is 19.1 Å². The number of carbonyl (C=O) groups excluding carboxylic acids is 3. The van der Waals surface area contributed by atoms with Crippen molar-refractivity contribution in [2.24, 2.45) is 22.7 Å². The molecular formula is C44H46F3N5O7S2. The molecule has 5 atom stereocenters. The summed E-state index contributed by atoms with van der Waals surface area (Å²) < 4.78 is 81.1. The molecule has 1 N–H and O–H groups in total. The van der Waals surface area contributed by atoms with Crippen LogP contribution < -0.4 is 9.46 Å². The Morgan fingerprint density at radius 3 is 2.38 bits per heavy atom. The number of likely N-dealkylation sites (tertiary alicyclic amines) is 1. The van der Waals surface area contributed by atoms with E-state index in [4.69, 9.17) is 14.1 Å². The van der Waals surface area contributed by atoms with Gasteiger partial charge in [0.05, 0.1) is 39.5 Å². The second-order valence-electron chi connectivity index (χ2n) is 17.6. The SMILES string of the molecule is C=C[C@@H]1C[C@]1(CC(=O)[C@@H]1C[C@@H](Oc2nc(-c3ccc(C(F)(F)F)cc3)nc3c2oc2ccccc23)CN1C(=O)[C@@H](Cc1nc(C)c(C)s1)C(C)(C)C)C(=O)NS(=O)(=O)C1CC1. The van der Waals surface area contributed by atoms with Crippen molar-refractivity contribution in [3.05, 3.63) is 82.3 Å². The van der Waals surface area contributed by atoms with Gasteiger partial charge in [0.2, 0.25) is 27.4 Å². The predicted molar refractivity (Wildman–Crippen MR) is 223 cm³/mol. The zero-order valence-corrected chi connectivity index (χ0v) is 36.0. The third kappa shape index (κ3) is 8.30. The monoisotopic (exact) mass is 877 g/mol. The molecule has 0 spiro atoms. The van der Waals surface area contributed by atoms with E-state index in [0.29, 0.717) is 35.7 Å². The summed E-state index contributed by atoms with van der Waals surface area (Å²) in [6, 6.07) is 10.4. The second-order valence-corrected chi connectivity index (χ2v) is 20.8.